The second-order valence-corrected chi connectivity index (χ2v) is 13.3. The minimum atomic E-state index is -3.39. The molecule has 1 aliphatic heterocycles. The number of hydrogen-bond donors (Lipinski definition) is 1. The standard InChI is InChI=1S/C30H33BrN2O7S2/c1-3-17-39-25(34)19-40-27-26(31)28(41-29(27)30(35)38-4-2)22-11-8-12-24(18-22)32-23-13-15-33(16-14-23)42(36,37)20-21-9-6-5-7-10-21/h3,5-12,18,23,32H,1,4,13-17,19-20H2,2H3. The normalized spacial score (nSPS) is 14.2. The van der Waals surface area contributed by atoms with Gasteiger partial charge in [0.1, 0.15) is 6.61 Å². The van der Waals surface area contributed by atoms with Crippen LogP contribution in [0.4, 0.5) is 5.69 Å². The van der Waals surface area contributed by atoms with E-state index in [2.05, 4.69) is 27.8 Å². The number of nitrogens with zero attached hydrogens (tertiary/aromatic N) is 1. The van der Waals surface area contributed by atoms with E-state index in [9.17, 15) is 18.0 Å². The van der Waals surface area contributed by atoms with Crippen molar-refractivity contribution in [3.8, 4) is 16.2 Å². The molecule has 0 bridgehead atoms. The zero-order chi connectivity index (χ0) is 30.1. The largest absolute Gasteiger partial charge is 0.479 e. The van der Waals surface area contributed by atoms with Crippen molar-refractivity contribution in [1.82, 2.24) is 4.31 Å². The summed E-state index contributed by atoms with van der Waals surface area (Å²) in [4.78, 5) is 25.7. The fourth-order valence-electron chi connectivity index (χ4n) is 4.51. The minimum absolute atomic E-state index is 0.000823. The lowest BCUT2D eigenvalue weighted by Crippen LogP contribution is -2.42. The molecule has 3 aromatic rings. The van der Waals surface area contributed by atoms with Gasteiger partial charge in [-0.1, -0.05) is 55.1 Å². The number of piperidine rings is 1. The predicted molar refractivity (Wildman–Crippen MR) is 167 cm³/mol. The molecule has 1 aliphatic rings. The number of benzene rings is 2. The summed E-state index contributed by atoms with van der Waals surface area (Å²) < 4.78 is 43.9. The molecule has 1 N–H and O–H groups in total. The Kier molecular flexibility index (Phi) is 11.2. The van der Waals surface area contributed by atoms with Crippen LogP contribution < -0.4 is 10.1 Å². The molecule has 2 aromatic carbocycles. The molecule has 0 radical (unpaired) electrons. The number of halogens is 1. The highest BCUT2D eigenvalue weighted by atomic mass is 79.9. The van der Waals surface area contributed by atoms with Crippen LogP contribution in [0.15, 0.2) is 71.7 Å². The van der Waals surface area contributed by atoms with Crippen LogP contribution in [0.5, 0.6) is 5.75 Å². The Morgan fingerprint density at radius 2 is 1.86 bits per heavy atom. The molecule has 1 aromatic heterocycles. The smallest absolute Gasteiger partial charge is 0.352 e. The summed E-state index contributed by atoms with van der Waals surface area (Å²) in [6, 6.07) is 17.0. The van der Waals surface area contributed by atoms with Crippen LogP contribution >= 0.6 is 27.3 Å². The van der Waals surface area contributed by atoms with Crippen LogP contribution in [0, 0.1) is 0 Å². The van der Waals surface area contributed by atoms with Crippen molar-refractivity contribution in [3.05, 3.63) is 82.2 Å². The van der Waals surface area contributed by atoms with Gasteiger partial charge in [0.15, 0.2) is 17.2 Å². The summed E-state index contributed by atoms with van der Waals surface area (Å²) in [6.45, 7) is 5.99. The quantitative estimate of drug-likeness (QED) is 0.177. The van der Waals surface area contributed by atoms with Crippen LogP contribution in [0.3, 0.4) is 0 Å². The molecule has 9 nitrogen and oxygen atoms in total. The number of anilines is 1. The van der Waals surface area contributed by atoms with Crippen LogP contribution in [0.2, 0.25) is 0 Å². The first-order valence-electron chi connectivity index (χ1n) is 13.5. The van der Waals surface area contributed by atoms with Crippen LogP contribution in [-0.2, 0) is 30.0 Å². The average Bonchev–Trinajstić information content (AvgIpc) is 3.31. The molecule has 1 fully saturated rings. The molecule has 1 saturated heterocycles. The van der Waals surface area contributed by atoms with Gasteiger partial charge < -0.3 is 19.5 Å². The number of carbonyl (C=O) groups is 2. The molecule has 0 atom stereocenters. The Labute approximate surface area is 258 Å². The van der Waals surface area contributed by atoms with Gasteiger partial charge in [-0.15, -0.1) is 11.3 Å². The third-order valence-corrected chi connectivity index (χ3v) is 10.6. The zero-order valence-electron chi connectivity index (χ0n) is 23.2. The molecule has 224 valence electrons. The lowest BCUT2D eigenvalue weighted by molar-refractivity contribution is -0.144. The molecule has 0 unspecified atom stereocenters. The van der Waals surface area contributed by atoms with Gasteiger partial charge in [0.05, 0.1) is 21.7 Å². The van der Waals surface area contributed by atoms with E-state index in [4.69, 9.17) is 14.2 Å². The number of esters is 2. The van der Waals surface area contributed by atoms with E-state index in [0.717, 1.165) is 21.7 Å². The Bertz CT molecular complexity index is 1500. The van der Waals surface area contributed by atoms with Crippen molar-refractivity contribution in [1.29, 1.82) is 0 Å². The summed E-state index contributed by atoms with van der Waals surface area (Å²) in [6.07, 6.45) is 2.81. The molecule has 12 heteroatoms. The van der Waals surface area contributed by atoms with Crippen molar-refractivity contribution in [2.24, 2.45) is 0 Å². The first kappa shape index (κ1) is 31.7. The predicted octanol–water partition coefficient (Wildman–Crippen LogP) is 5.87. The topological polar surface area (TPSA) is 111 Å². The van der Waals surface area contributed by atoms with Gasteiger partial charge in [-0.2, -0.15) is 0 Å². The maximum absolute atomic E-state index is 12.9. The Balaban J connectivity index is 1.45. The molecule has 0 spiro atoms. The second kappa shape index (κ2) is 14.8. The van der Waals surface area contributed by atoms with Crippen molar-refractivity contribution in [2.45, 2.75) is 31.6 Å². The van der Waals surface area contributed by atoms with Gasteiger partial charge in [-0.05, 0) is 59.0 Å². The van der Waals surface area contributed by atoms with Gasteiger partial charge >= 0.3 is 11.9 Å². The Hall–Kier alpha value is -3.19. The van der Waals surface area contributed by atoms with Crippen molar-refractivity contribution in [3.63, 3.8) is 0 Å². The third-order valence-electron chi connectivity index (χ3n) is 6.50. The molecule has 0 saturated carbocycles. The van der Waals surface area contributed by atoms with E-state index in [1.165, 1.54) is 17.4 Å². The number of nitrogens with one attached hydrogen (secondary N) is 1. The van der Waals surface area contributed by atoms with Gasteiger partial charge in [-0.3, -0.25) is 0 Å². The van der Waals surface area contributed by atoms with Crippen molar-refractivity contribution >= 4 is 54.9 Å². The maximum Gasteiger partial charge on any atom is 0.352 e. The number of sulfonamides is 1. The monoisotopic (exact) mass is 676 g/mol. The second-order valence-electron chi connectivity index (χ2n) is 9.52. The van der Waals surface area contributed by atoms with Gasteiger partial charge in [0.25, 0.3) is 0 Å². The van der Waals surface area contributed by atoms with Crippen LogP contribution in [0.25, 0.3) is 10.4 Å². The van der Waals surface area contributed by atoms with E-state index in [1.54, 1.807) is 11.2 Å². The minimum Gasteiger partial charge on any atom is -0.479 e. The Morgan fingerprint density at radius 3 is 2.55 bits per heavy atom. The summed E-state index contributed by atoms with van der Waals surface area (Å²) in [5.74, 6) is -0.924. The number of rotatable bonds is 13. The molecule has 42 heavy (non-hydrogen) atoms. The summed E-state index contributed by atoms with van der Waals surface area (Å²) in [5, 5.41) is 3.53. The fourth-order valence-corrected chi connectivity index (χ4v) is 8.01. The number of carbonyl (C=O) groups excluding carboxylic acids is 2. The van der Waals surface area contributed by atoms with Gasteiger partial charge in [0, 0.05) is 24.8 Å². The average molecular weight is 678 g/mol. The van der Waals surface area contributed by atoms with E-state index in [1.807, 2.05) is 54.6 Å². The number of hydrogen-bond acceptors (Lipinski definition) is 9. The Morgan fingerprint density at radius 1 is 1.12 bits per heavy atom. The molecule has 0 amide bonds. The lowest BCUT2D eigenvalue weighted by atomic mass is 10.1. The lowest BCUT2D eigenvalue weighted by Gasteiger charge is -2.32. The van der Waals surface area contributed by atoms with Gasteiger partial charge in [0.2, 0.25) is 10.0 Å². The van der Waals surface area contributed by atoms with Crippen LogP contribution in [-0.4, -0.2) is 63.6 Å². The summed E-state index contributed by atoms with van der Waals surface area (Å²) in [5.41, 5.74) is 2.47. The summed E-state index contributed by atoms with van der Waals surface area (Å²) in [7, 11) is -3.39. The highest BCUT2D eigenvalue weighted by molar-refractivity contribution is 9.10. The first-order chi connectivity index (χ1) is 20.2. The molecule has 2 heterocycles. The highest BCUT2D eigenvalue weighted by Crippen LogP contribution is 2.46. The maximum atomic E-state index is 12.9. The molecular weight excluding hydrogens is 644 g/mol. The highest BCUT2D eigenvalue weighted by Gasteiger charge is 2.29. The van der Waals surface area contributed by atoms with E-state index in [0.29, 0.717) is 30.4 Å². The molecule has 0 aliphatic carbocycles. The zero-order valence-corrected chi connectivity index (χ0v) is 26.4. The first-order valence-corrected chi connectivity index (χ1v) is 16.7. The molecule has 4 rings (SSSR count). The fraction of sp³-hybridized carbons (Fsp3) is 0.333. The summed E-state index contributed by atoms with van der Waals surface area (Å²) >= 11 is 4.76. The van der Waals surface area contributed by atoms with Crippen molar-refractivity contribution in [2.75, 3.05) is 38.2 Å². The van der Waals surface area contributed by atoms with E-state index < -0.39 is 22.0 Å². The third kappa shape index (κ3) is 8.21. The molecular formula is C30H33BrN2O7S2. The van der Waals surface area contributed by atoms with E-state index >= 15 is 0 Å². The number of ether oxygens (including phenoxy) is 3. The van der Waals surface area contributed by atoms with Crippen molar-refractivity contribution < 1.29 is 32.2 Å². The number of thiophene rings is 1. The van der Waals surface area contributed by atoms with E-state index in [-0.39, 0.29) is 42.2 Å². The van der Waals surface area contributed by atoms with Crippen LogP contribution in [0.1, 0.15) is 35.0 Å². The van der Waals surface area contributed by atoms with Gasteiger partial charge in [-0.25, -0.2) is 22.3 Å². The SMILES string of the molecule is C=CCOC(=O)COc1c(C(=O)OCC)sc(-c2cccc(NC3CCN(S(=O)(=O)Cc4ccccc4)CC3)c2)c1Br.